The van der Waals surface area contributed by atoms with Crippen molar-refractivity contribution in [1.29, 1.82) is 0 Å². The summed E-state index contributed by atoms with van der Waals surface area (Å²) in [7, 11) is 3.14. The van der Waals surface area contributed by atoms with E-state index >= 15 is 0 Å². The molecule has 120 valence electrons. The van der Waals surface area contributed by atoms with Gasteiger partial charge in [0.15, 0.2) is 0 Å². The van der Waals surface area contributed by atoms with Gasteiger partial charge in [-0.25, -0.2) is 0 Å². The van der Waals surface area contributed by atoms with Gasteiger partial charge in [0.05, 0.1) is 0 Å². The molecule has 7 heteroatoms. The van der Waals surface area contributed by atoms with Crippen LogP contribution < -0.4 is 8.70 Å². The van der Waals surface area contributed by atoms with Crippen LogP contribution in [0.1, 0.15) is 0 Å². The van der Waals surface area contributed by atoms with Gasteiger partial charge in [0.1, 0.15) is 0 Å². The molecule has 0 aromatic heterocycles. The predicted octanol–water partition coefficient (Wildman–Crippen LogP) is -1.63. The van der Waals surface area contributed by atoms with Gasteiger partial charge in [0.25, 0.3) is 0 Å². The molecule has 0 spiro atoms. The van der Waals surface area contributed by atoms with Crippen LogP contribution in [0, 0.1) is 0 Å². The number of benzene rings is 1. The zero-order chi connectivity index (χ0) is 15.7. The average molecular weight is 422 g/mol. The summed E-state index contributed by atoms with van der Waals surface area (Å²) in [6.45, 7) is 0.676. The Kier molecular flexibility index (Phi) is 9.66. The number of rotatable bonds is 10. The van der Waals surface area contributed by atoms with E-state index in [1.54, 1.807) is 20.3 Å². The molecule has 0 amide bonds. The van der Waals surface area contributed by atoms with Gasteiger partial charge >= 0.3 is 139 Å². The van der Waals surface area contributed by atoms with Crippen LogP contribution in [-0.4, -0.2) is 86.5 Å². The summed E-state index contributed by atoms with van der Waals surface area (Å²) >= 11 is -1.14. The molecule has 0 aliphatic carbocycles. The Morgan fingerprint density at radius 2 is 1.57 bits per heavy atom. The van der Waals surface area contributed by atoms with E-state index in [9.17, 15) is 15.3 Å². The summed E-state index contributed by atoms with van der Waals surface area (Å²) in [4.78, 5) is 0. The fraction of sp³-hybridized carbons (Fsp3) is 0.571. The molecule has 0 saturated carbocycles. The summed E-state index contributed by atoms with van der Waals surface area (Å²) in [5.74, 6) is 0.321. The summed E-state index contributed by atoms with van der Waals surface area (Å²) in [6, 6.07) is 5.57. The fourth-order valence-corrected chi connectivity index (χ4v) is 8.34. The molecule has 3 N–H and O–H groups in total. The number of aliphatic hydroxyl groups excluding tert-OH is 2. The Hall–Kier alpha value is -0.0231. The molecular formula is C14H24As2O5. The number of phenols is 1. The molecule has 0 saturated heterocycles. The van der Waals surface area contributed by atoms with Crippen molar-refractivity contribution in [2.75, 3.05) is 27.4 Å². The molecule has 4 atom stereocenters. The third kappa shape index (κ3) is 7.18. The fourth-order valence-electron chi connectivity index (χ4n) is 1.82. The molecule has 0 radical (unpaired) electrons. The number of methoxy groups -OCH3 is 2. The maximum atomic E-state index is 10.1. The Labute approximate surface area is 139 Å². The first kappa shape index (κ1) is 19.0. The van der Waals surface area contributed by atoms with Crippen LogP contribution in [0.4, 0.5) is 0 Å². The van der Waals surface area contributed by atoms with Crippen LogP contribution in [0.15, 0.2) is 18.2 Å². The van der Waals surface area contributed by atoms with Gasteiger partial charge in [-0.05, 0) is 0 Å². The Bertz CT molecular complexity index is 416. The van der Waals surface area contributed by atoms with E-state index in [1.165, 1.54) is 4.35 Å². The molecule has 1 rings (SSSR count). The zero-order valence-electron chi connectivity index (χ0n) is 12.4. The SMILES string of the molecule is COCC(O)C[AsH]c1cccc(O)c1[AsH]CC(O)COC. The van der Waals surface area contributed by atoms with Gasteiger partial charge in [-0.2, -0.15) is 0 Å². The van der Waals surface area contributed by atoms with E-state index in [-0.39, 0.29) is 0 Å². The molecular weight excluding hydrogens is 398 g/mol. The van der Waals surface area contributed by atoms with Crippen LogP contribution >= 0.6 is 0 Å². The minimum atomic E-state index is -0.619. The van der Waals surface area contributed by atoms with Crippen molar-refractivity contribution in [2.45, 2.75) is 22.6 Å². The Morgan fingerprint density at radius 3 is 2.14 bits per heavy atom. The standard InChI is InChI=1S/C14H24As2O5/c1-20-8-10(17)6-15-12-4-3-5-13(19)14(12)16-7-11(18)9-21-2/h3-5,10-11,15-19H,6-9H2,1-2H3. The maximum absolute atomic E-state index is 10.1. The van der Waals surface area contributed by atoms with E-state index in [4.69, 9.17) is 9.47 Å². The van der Waals surface area contributed by atoms with Crippen molar-refractivity contribution in [3.8, 4) is 5.75 Å². The molecule has 1 aromatic carbocycles. The quantitative estimate of drug-likeness (QED) is 0.395. The number of phenolic OH excluding ortho intramolecular Hbond substituents is 1. The molecule has 5 nitrogen and oxygen atoms in total. The van der Waals surface area contributed by atoms with E-state index in [2.05, 4.69) is 0 Å². The second kappa shape index (κ2) is 10.7. The summed E-state index contributed by atoms with van der Waals surface area (Å²) in [5.41, 5.74) is 0. The average Bonchev–Trinajstić information content (AvgIpc) is 2.44. The zero-order valence-corrected chi connectivity index (χ0v) is 16.6. The first-order valence-electron chi connectivity index (χ1n) is 6.72. The van der Waals surface area contributed by atoms with Crippen molar-refractivity contribution >= 4 is 40.2 Å². The molecule has 21 heavy (non-hydrogen) atoms. The van der Waals surface area contributed by atoms with Gasteiger partial charge in [-0.15, -0.1) is 0 Å². The van der Waals surface area contributed by atoms with Gasteiger partial charge in [0.2, 0.25) is 0 Å². The van der Waals surface area contributed by atoms with Crippen LogP contribution in [0.2, 0.25) is 10.4 Å². The number of ether oxygens (including phenoxy) is 2. The first-order chi connectivity index (χ1) is 10.1. The normalized spacial score (nSPS) is 15.2. The van der Waals surface area contributed by atoms with Crippen molar-refractivity contribution in [3.05, 3.63) is 18.2 Å². The predicted molar refractivity (Wildman–Crippen MR) is 87.1 cm³/mol. The summed E-state index contributed by atoms with van der Waals surface area (Å²) < 4.78 is 12.0. The van der Waals surface area contributed by atoms with Gasteiger partial charge in [-0.3, -0.25) is 0 Å². The van der Waals surface area contributed by atoms with E-state index < -0.39 is 43.7 Å². The van der Waals surface area contributed by atoms with E-state index in [0.717, 1.165) is 9.56 Å². The number of aromatic hydroxyl groups is 1. The van der Waals surface area contributed by atoms with Gasteiger partial charge in [0, 0.05) is 0 Å². The first-order valence-corrected chi connectivity index (χ1v) is 11.8. The summed E-state index contributed by atoms with van der Waals surface area (Å²) in [6.07, 6.45) is -0.911. The molecule has 0 bridgehead atoms. The van der Waals surface area contributed by atoms with Crippen LogP contribution in [-0.2, 0) is 9.47 Å². The van der Waals surface area contributed by atoms with Crippen molar-refractivity contribution in [1.82, 2.24) is 0 Å². The molecule has 0 heterocycles. The number of hydrogen-bond donors (Lipinski definition) is 3. The van der Waals surface area contributed by atoms with Crippen molar-refractivity contribution in [2.24, 2.45) is 0 Å². The van der Waals surface area contributed by atoms with Crippen LogP contribution in [0.3, 0.4) is 0 Å². The molecule has 0 fully saturated rings. The Morgan fingerprint density at radius 1 is 1.00 bits per heavy atom. The third-order valence-electron chi connectivity index (χ3n) is 2.80. The van der Waals surface area contributed by atoms with Crippen molar-refractivity contribution in [3.63, 3.8) is 0 Å². The molecule has 4 unspecified atom stereocenters. The van der Waals surface area contributed by atoms with Crippen LogP contribution in [0.25, 0.3) is 0 Å². The minimum absolute atomic E-state index is 0.321. The second-order valence-electron chi connectivity index (χ2n) is 4.68. The monoisotopic (exact) mass is 422 g/mol. The summed E-state index contributed by atoms with van der Waals surface area (Å²) in [5, 5.41) is 31.0. The number of hydrogen-bond acceptors (Lipinski definition) is 5. The number of aliphatic hydroxyl groups is 2. The molecule has 0 aliphatic rings. The van der Waals surface area contributed by atoms with E-state index in [0.29, 0.717) is 24.2 Å². The van der Waals surface area contributed by atoms with Gasteiger partial charge < -0.3 is 0 Å². The second-order valence-corrected chi connectivity index (χ2v) is 10.1. The Balaban J connectivity index is 2.64. The molecule has 1 aromatic rings. The van der Waals surface area contributed by atoms with Crippen LogP contribution in [0.5, 0.6) is 5.75 Å². The van der Waals surface area contributed by atoms with E-state index in [1.807, 2.05) is 12.1 Å². The van der Waals surface area contributed by atoms with Gasteiger partial charge in [-0.1, -0.05) is 0 Å². The van der Waals surface area contributed by atoms with Crippen molar-refractivity contribution < 1.29 is 24.8 Å². The third-order valence-corrected chi connectivity index (χ3v) is 10.3. The molecule has 0 aliphatic heterocycles. The topological polar surface area (TPSA) is 79.2 Å².